The lowest BCUT2D eigenvalue weighted by Gasteiger charge is -2.36. The van der Waals surface area contributed by atoms with E-state index in [9.17, 15) is 14.9 Å². The Hall–Kier alpha value is -4.85. The van der Waals surface area contributed by atoms with Crippen molar-refractivity contribution in [3.05, 3.63) is 53.6 Å². The second-order valence-corrected chi connectivity index (χ2v) is 8.40. The number of fused-ring (bicyclic) bond motifs is 4. The number of hydrogen-bond donors (Lipinski definition) is 2. The zero-order chi connectivity index (χ0) is 26.3. The van der Waals surface area contributed by atoms with E-state index < -0.39 is 29.1 Å². The molecular formula is C26H23N5O6. The Morgan fingerprint density at radius 3 is 2.76 bits per heavy atom. The molecule has 0 radical (unpaired) electrons. The van der Waals surface area contributed by atoms with Gasteiger partial charge in [-0.25, -0.2) is 0 Å². The first kappa shape index (κ1) is 23.9. The van der Waals surface area contributed by atoms with Crippen molar-refractivity contribution in [1.82, 2.24) is 10.2 Å². The molecule has 2 unspecified atom stereocenters. The van der Waals surface area contributed by atoms with Crippen LogP contribution in [0, 0.1) is 22.7 Å². The van der Waals surface area contributed by atoms with Crippen LogP contribution in [0.5, 0.6) is 17.4 Å². The quantitative estimate of drug-likeness (QED) is 0.490. The van der Waals surface area contributed by atoms with Gasteiger partial charge in [-0.3, -0.25) is 25.0 Å². The van der Waals surface area contributed by atoms with Crippen molar-refractivity contribution >= 4 is 23.5 Å². The van der Waals surface area contributed by atoms with Gasteiger partial charge in [0, 0.05) is 11.3 Å². The maximum Gasteiger partial charge on any atom is 0.325 e. The number of aromatic nitrogens is 2. The van der Waals surface area contributed by atoms with E-state index in [1.807, 2.05) is 6.92 Å². The summed E-state index contributed by atoms with van der Waals surface area (Å²) in [5.74, 6) is -1.92. The van der Waals surface area contributed by atoms with Gasteiger partial charge < -0.3 is 18.9 Å². The van der Waals surface area contributed by atoms with Gasteiger partial charge in [0.1, 0.15) is 17.9 Å². The fourth-order valence-electron chi connectivity index (χ4n) is 5.08. The molecule has 2 aliphatic rings. The Morgan fingerprint density at radius 2 is 2.05 bits per heavy atom. The first-order valence-electron chi connectivity index (χ1n) is 11.5. The number of aromatic amines is 1. The van der Waals surface area contributed by atoms with Crippen LogP contribution < -0.4 is 19.1 Å². The van der Waals surface area contributed by atoms with Gasteiger partial charge in [-0.1, -0.05) is 18.2 Å². The molecule has 5 rings (SSSR count). The number of nitriles is 1. The maximum atomic E-state index is 14.3. The second-order valence-electron chi connectivity index (χ2n) is 8.40. The van der Waals surface area contributed by atoms with Crippen LogP contribution in [0.15, 0.2) is 42.5 Å². The molecule has 2 atom stereocenters. The minimum absolute atomic E-state index is 0.00224. The van der Waals surface area contributed by atoms with Gasteiger partial charge in [-0.2, -0.15) is 5.26 Å². The molecule has 11 nitrogen and oxygen atoms in total. The number of carbonyl (C=O) groups is 2. The van der Waals surface area contributed by atoms with E-state index in [-0.39, 0.29) is 12.4 Å². The number of nitrogens with one attached hydrogen (secondary N) is 2. The van der Waals surface area contributed by atoms with Crippen molar-refractivity contribution in [2.45, 2.75) is 12.3 Å². The summed E-state index contributed by atoms with van der Waals surface area (Å²) in [6, 6.07) is 14.2. The normalized spacial score (nSPS) is 19.6. The first-order valence-corrected chi connectivity index (χ1v) is 11.5. The molecule has 188 valence electrons. The standard InChI is InChI=1S/C26H23N5O6/c1-4-36-18-10-9-14(11-19(18)34-2)22-21-24(30-29-22)37-23(28)16(12-27)26(21)15-7-5-6-8-17(15)31(25(26)33)13-20(32)35-3/h5-11,16,28H,4,13H2,1-3H3,(H,29,30). The summed E-state index contributed by atoms with van der Waals surface area (Å²) in [4.78, 5) is 27.9. The molecular weight excluding hydrogens is 478 g/mol. The van der Waals surface area contributed by atoms with E-state index in [0.29, 0.717) is 46.2 Å². The van der Waals surface area contributed by atoms with Crippen LogP contribution in [-0.4, -0.2) is 55.3 Å². The van der Waals surface area contributed by atoms with E-state index in [2.05, 4.69) is 16.3 Å². The lowest BCUT2D eigenvalue weighted by atomic mass is 9.65. The maximum absolute atomic E-state index is 14.3. The summed E-state index contributed by atoms with van der Waals surface area (Å²) in [6.07, 6.45) is 0. The fourth-order valence-corrected chi connectivity index (χ4v) is 5.08. The molecule has 0 bridgehead atoms. The van der Waals surface area contributed by atoms with Gasteiger partial charge in [0.05, 0.1) is 38.2 Å². The molecule has 3 heterocycles. The smallest absolute Gasteiger partial charge is 0.325 e. The number of carbonyl (C=O) groups excluding carboxylic acids is 2. The van der Waals surface area contributed by atoms with E-state index in [1.54, 1.807) is 42.5 Å². The van der Waals surface area contributed by atoms with Crippen molar-refractivity contribution in [2.24, 2.45) is 5.92 Å². The van der Waals surface area contributed by atoms with E-state index in [4.69, 9.17) is 24.4 Å². The number of benzene rings is 2. The minimum Gasteiger partial charge on any atom is -0.493 e. The minimum atomic E-state index is -1.70. The summed E-state index contributed by atoms with van der Waals surface area (Å²) in [5, 5.41) is 25.9. The zero-order valence-corrected chi connectivity index (χ0v) is 20.3. The number of para-hydroxylation sites is 1. The summed E-state index contributed by atoms with van der Waals surface area (Å²) < 4.78 is 21.6. The number of nitrogens with zero attached hydrogens (tertiary/aromatic N) is 3. The molecule has 37 heavy (non-hydrogen) atoms. The molecule has 0 saturated carbocycles. The van der Waals surface area contributed by atoms with Crippen molar-refractivity contribution in [1.29, 1.82) is 10.7 Å². The molecule has 1 amide bonds. The van der Waals surface area contributed by atoms with Gasteiger partial charge in [0.25, 0.3) is 0 Å². The lowest BCUT2D eigenvalue weighted by molar-refractivity contribution is -0.140. The Morgan fingerprint density at radius 1 is 1.27 bits per heavy atom. The van der Waals surface area contributed by atoms with Gasteiger partial charge in [0.15, 0.2) is 11.5 Å². The van der Waals surface area contributed by atoms with Crippen molar-refractivity contribution in [3.8, 4) is 34.7 Å². The van der Waals surface area contributed by atoms with Crippen molar-refractivity contribution in [2.75, 3.05) is 32.3 Å². The fraction of sp³-hybridized carbons (Fsp3) is 0.269. The van der Waals surface area contributed by atoms with E-state index in [0.717, 1.165) is 0 Å². The monoisotopic (exact) mass is 501 g/mol. The Balaban J connectivity index is 1.79. The number of methoxy groups -OCH3 is 2. The van der Waals surface area contributed by atoms with Gasteiger partial charge >= 0.3 is 5.97 Å². The predicted octanol–water partition coefficient (Wildman–Crippen LogP) is 2.80. The number of ether oxygens (including phenoxy) is 4. The van der Waals surface area contributed by atoms with Crippen LogP contribution in [0.4, 0.5) is 5.69 Å². The molecule has 0 aliphatic carbocycles. The number of anilines is 1. The first-order chi connectivity index (χ1) is 17.9. The van der Waals surface area contributed by atoms with Gasteiger partial charge in [0.2, 0.25) is 17.7 Å². The van der Waals surface area contributed by atoms with Crippen LogP contribution >= 0.6 is 0 Å². The van der Waals surface area contributed by atoms with Crippen LogP contribution in [-0.2, 0) is 19.7 Å². The van der Waals surface area contributed by atoms with Gasteiger partial charge in [-0.05, 0) is 36.8 Å². The van der Waals surface area contributed by atoms with Crippen LogP contribution in [0.2, 0.25) is 0 Å². The topological polar surface area (TPSA) is 151 Å². The zero-order valence-electron chi connectivity index (χ0n) is 20.3. The average Bonchev–Trinajstić information content (AvgIpc) is 3.43. The molecule has 1 aromatic heterocycles. The number of rotatable bonds is 6. The van der Waals surface area contributed by atoms with Crippen molar-refractivity contribution < 1.29 is 28.5 Å². The highest BCUT2D eigenvalue weighted by Crippen LogP contribution is 2.57. The molecule has 3 aromatic rings. The third-order valence-electron chi connectivity index (χ3n) is 6.63. The third-order valence-corrected chi connectivity index (χ3v) is 6.63. The molecule has 11 heteroatoms. The summed E-state index contributed by atoms with van der Waals surface area (Å²) in [6.45, 7) is 1.94. The van der Waals surface area contributed by atoms with E-state index >= 15 is 0 Å². The number of H-pyrrole nitrogens is 1. The highest BCUT2D eigenvalue weighted by atomic mass is 16.5. The third kappa shape index (κ3) is 3.33. The lowest BCUT2D eigenvalue weighted by Crippen LogP contribution is -2.53. The molecule has 2 N–H and O–H groups in total. The summed E-state index contributed by atoms with van der Waals surface area (Å²) in [7, 11) is 2.75. The number of hydrogen-bond acceptors (Lipinski definition) is 9. The summed E-state index contributed by atoms with van der Waals surface area (Å²) in [5.41, 5.74) is 0.510. The highest BCUT2D eigenvalue weighted by molar-refractivity contribution is 6.17. The molecule has 1 spiro atoms. The molecule has 0 saturated heterocycles. The average molecular weight is 501 g/mol. The predicted molar refractivity (Wildman–Crippen MR) is 131 cm³/mol. The van der Waals surface area contributed by atoms with Gasteiger partial charge in [-0.15, -0.1) is 5.10 Å². The second kappa shape index (κ2) is 8.98. The molecule has 0 fully saturated rings. The molecule has 2 aliphatic heterocycles. The highest BCUT2D eigenvalue weighted by Gasteiger charge is 2.64. The Bertz CT molecular complexity index is 1470. The Labute approximate surface area is 212 Å². The van der Waals surface area contributed by atoms with Crippen LogP contribution in [0.3, 0.4) is 0 Å². The summed E-state index contributed by atoms with van der Waals surface area (Å²) >= 11 is 0. The van der Waals surface area contributed by atoms with Crippen LogP contribution in [0.1, 0.15) is 18.1 Å². The molecule has 2 aromatic carbocycles. The largest absolute Gasteiger partial charge is 0.493 e. The SMILES string of the molecule is CCOc1ccc(-c2[nH]nc3c2C2(C(=O)N(CC(=O)OC)c4ccccc42)C(C#N)C(=N)O3)cc1OC. The number of esters is 1. The Kier molecular flexibility index (Phi) is 5.79. The number of amides is 1. The van der Waals surface area contributed by atoms with E-state index in [1.165, 1.54) is 19.1 Å². The van der Waals surface area contributed by atoms with Crippen LogP contribution in [0.25, 0.3) is 11.3 Å². The van der Waals surface area contributed by atoms with Crippen molar-refractivity contribution in [3.63, 3.8) is 0 Å².